The van der Waals surface area contributed by atoms with Crippen LogP contribution in [0.4, 0.5) is 4.79 Å². The van der Waals surface area contributed by atoms with Crippen LogP contribution in [0.2, 0.25) is 0 Å². The smallest absolute Gasteiger partial charge is 0.408 e. The minimum atomic E-state index is -2.38. The summed E-state index contributed by atoms with van der Waals surface area (Å²) in [6, 6.07) is 14.4. The number of carbonyl (C=O) groups is 6. The number of fused-ring (bicyclic) bond motifs is 5. The van der Waals surface area contributed by atoms with E-state index >= 15 is 9.59 Å². The summed E-state index contributed by atoms with van der Waals surface area (Å²) < 4.78 is 30.5. The molecular weight excluding hydrogens is 857 g/mol. The van der Waals surface area contributed by atoms with Gasteiger partial charge in [-0.3, -0.25) is 19.2 Å². The van der Waals surface area contributed by atoms with Crippen LogP contribution < -0.4 is 10.6 Å². The number of ether oxygens (including phenoxy) is 5. The van der Waals surface area contributed by atoms with Crippen LogP contribution >= 0.6 is 0 Å². The summed E-state index contributed by atoms with van der Waals surface area (Å²) in [7, 11) is 0. The Labute approximate surface area is 383 Å². The Morgan fingerprint density at radius 3 is 2.15 bits per heavy atom. The van der Waals surface area contributed by atoms with Crippen LogP contribution in [0.3, 0.4) is 0 Å². The Kier molecular flexibility index (Phi) is 13.1. The Bertz CT molecular complexity index is 2260. The van der Waals surface area contributed by atoms with Crippen molar-refractivity contribution in [3.63, 3.8) is 0 Å². The first-order chi connectivity index (χ1) is 30.9. The molecule has 2 aromatic rings. The zero-order valence-electron chi connectivity index (χ0n) is 38.6. The van der Waals surface area contributed by atoms with Gasteiger partial charge < -0.3 is 54.7 Å². The van der Waals surface area contributed by atoms with Crippen molar-refractivity contribution >= 4 is 35.8 Å². The predicted octanol–water partition coefficient (Wildman–Crippen LogP) is 3.97. The Balaban J connectivity index is 1.40. The first-order valence-electron chi connectivity index (χ1n) is 22.5. The molecule has 1 amide bonds. The molecule has 13 atom stereocenters. The first kappa shape index (κ1) is 48.7. The zero-order valence-corrected chi connectivity index (χ0v) is 38.6. The summed E-state index contributed by atoms with van der Waals surface area (Å²) in [6.45, 7) is 12.2. The van der Waals surface area contributed by atoms with Gasteiger partial charge in [-0.25, -0.2) is 9.59 Å². The average molecular weight is 919 g/mol. The highest BCUT2D eigenvalue weighted by atomic mass is 16.6. The number of rotatable bonds is 10. The number of carboxylic acid groups (broad SMARTS) is 1. The molecule has 17 nitrogen and oxygen atoms in total. The van der Waals surface area contributed by atoms with E-state index in [4.69, 9.17) is 23.7 Å². The van der Waals surface area contributed by atoms with E-state index in [9.17, 15) is 39.6 Å². The van der Waals surface area contributed by atoms with Gasteiger partial charge >= 0.3 is 30.0 Å². The number of nitrogens with one attached hydrogen (secondary N) is 2. The van der Waals surface area contributed by atoms with Gasteiger partial charge in [0.25, 0.3) is 0 Å². The molecule has 66 heavy (non-hydrogen) atoms. The van der Waals surface area contributed by atoms with Gasteiger partial charge in [0.05, 0.1) is 47.5 Å². The third kappa shape index (κ3) is 8.41. The highest BCUT2D eigenvalue weighted by molar-refractivity contribution is 5.94. The van der Waals surface area contributed by atoms with Crippen molar-refractivity contribution in [2.75, 3.05) is 13.2 Å². The summed E-state index contributed by atoms with van der Waals surface area (Å²) in [6.07, 6.45) is -9.22. The van der Waals surface area contributed by atoms with Crippen molar-refractivity contribution < 1.29 is 72.9 Å². The van der Waals surface area contributed by atoms with Gasteiger partial charge in [0.2, 0.25) is 0 Å². The van der Waals surface area contributed by atoms with Crippen LogP contribution in [0.1, 0.15) is 103 Å². The number of hydrogen-bond donors (Lipinski definition) is 6. The molecule has 2 saturated heterocycles. The molecule has 4 fully saturated rings. The van der Waals surface area contributed by atoms with Crippen molar-refractivity contribution in [1.29, 1.82) is 0 Å². The molecule has 2 unspecified atom stereocenters. The second-order valence-corrected chi connectivity index (χ2v) is 20.3. The third-order valence-corrected chi connectivity index (χ3v) is 14.9. The van der Waals surface area contributed by atoms with E-state index in [-0.39, 0.29) is 49.1 Å². The fraction of sp³-hybridized carbons (Fsp3) is 0.592. The van der Waals surface area contributed by atoms with Crippen molar-refractivity contribution in [1.82, 2.24) is 10.6 Å². The van der Waals surface area contributed by atoms with Crippen LogP contribution in [0.15, 0.2) is 71.8 Å². The number of Topliss-reactive ketones (excluding diaryl/α,β-unsaturated/α-hetero) is 1. The number of benzene rings is 2. The number of carboxylic acids is 1. The van der Waals surface area contributed by atoms with Gasteiger partial charge in [-0.15, -0.1) is 0 Å². The van der Waals surface area contributed by atoms with E-state index < -0.39 is 130 Å². The summed E-state index contributed by atoms with van der Waals surface area (Å²) in [5, 5.41) is 54.5. The summed E-state index contributed by atoms with van der Waals surface area (Å²) >= 11 is 0. The van der Waals surface area contributed by atoms with Gasteiger partial charge in [0.1, 0.15) is 35.6 Å². The van der Waals surface area contributed by atoms with E-state index in [0.717, 1.165) is 6.92 Å². The number of ketones is 1. The number of aliphatic hydroxyl groups excluding tert-OH is 2. The van der Waals surface area contributed by atoms with Crippen LogP contribution in [0.5, 0.6) is 0 Å². The maximum absolute atomic E-state index is 15.3. The number of hydrogen-bond acceptors (Lipinski definition) is 15. The van der Waals surface area contributed by atoms with Gasteiger partial charge in [-0.05, 0) is 82.8 Å². The van der Waals surface area contributed by atoms with Crippen LogP contribution in [0, 0.1) is 28.6 Å². The summed E-state index contributed by atoms with van der Waals surface area (Å²) in [5.41, 5.74) is -8.10. The molecule has 2 saturated carbocycles. The lowest BCUT2D eigenvalue weighted by Crippen LogP contribution is -2.81. The number of aliphatic carboxylic acids is 1. The second-order valence-electron chi connectivity index (χ2n) is 20.3. The quantitative estimate of drug-likeness (QED) is 0.112. The predicted molar refractivity (Wildman–Crippen MR) is 233 cm³/mol. The molecule has 0 spiro atoms. The van der Waals surface area contributed by atoms with Crippen LogP contribution in [-0.4, -0.2) is 123 Å². The first-order valence-corrected chi connectivity index (χ1v) is 22.5. The number of amides is 1. The molecule has 358 valence electrons. The fourth-order valence-electron chi connectivity index (χ4n) is 11.4. The maximum Gasteiger partial charge on any atom is 0.408 e. The van der Waals surface area contributed by atoms with Crippen molar-refractivity contribution in [2.24, 2.45) is 28.6 Å². The van der Waals surface area contributed by atoms with E-state index in [1.807, 2.05) is 0 Å². The topological polar surface area (TPSA) is 254 Å². The molecule has 2 bridgehead atoms. The molecule has 7 rings (SSSR count). The fourth-order valence-corrected chi connectivity index (χ4v) is 11.4. The standard InChI is InChI=1S/C49H62N2O15/c1-25-31(63-43(59)34(30-21-29(41(56)57)19-20-50-30)36(27-15-11-9-12-16-27)51-44(60)66-45(3,4)5)23-49(61)40(64-42(58)28-17-13-10-14-18-28)38-47(8,39(55)37(54)35(25)46(49,6)7)32(53)22-33-48(38,24-62-33)65-26(2)52/h9-18,29-34,36-38,40,50,53-54,61H,19-24H2,1-8H3,(H,51,60)(H,56,57)/t29?,30-,31+,32+,33-,34?,36-,37-,38+,40+,47-,48+,49-/m1/s1. The molecule has 0 aromatic heterocycles. The van der Waals surface area contributed by atoms with Gasteiger partial charge in [-0.1, -0.05) is 62.4 Å². The van der Waals surface area contributed by atoms with Gasteiger partial charge in [0, 0.05) is 31.2 Å². The number of aliphatic hydroxyl groups is 3. The van der Waals surface area contributed by atoms with E-state index in [0.29, 0.717) is 5.56 Å². The third-order valence-electron chi connectivity index (χ3n) is 14.9. The van der Waals surface area contributed by atoms with Crippen LogP contribution in [0.25, 0.3) is 0 Å². The number of piperidine rings is 1. The monoisotopic (exact) mass is 918 g/mol. The molecule has 6 N–H and O–H groups in total. The lowest BCUT2D eigenvalue weighted by atomic mass is 9.44. The largest absolute Gasteiger partial charge is 0.481 e. The van der Waals surface area contributed by atoms with Crippen molar-refractivity contribution in [2.45, 2.75) is 140 Å². The number of carbonyl (C=O) groups excluding carboxylic acids is 5. The van der Waals surface area contributed by atoms with E-state index in [1.54, 1.807) is 90.1 Å². The molecule has 17 heteroatoms. The van der Waals surface area contributed by atoms with E-state index in [2.05, 4.69) is 10.6 Å². The van der Waals surface area contributed by atoms with E-state index in [1.165, 1.54) is 19.1 Å². The Hall–Kier alpha value is -5.20. The Morgan fingerprint density at radius 2 is 1.58 bits per heavy atom. The molecule has 5 aliphatic rings. The highest BCUT2D eigenvalue weighted by Crippen LogP contribution is 2.64. The molecule has 3 aliphatic carbocycles. The zero-order chi connectivity index (χ0) is 48.3. The second kappa shape index (κ2) is 17.8. The van der Waals surface area contributed by atoms with Gasteiger partial charge in [0.15, 0.2) is 11.4 Å². The minimum absolute atomic E-state index is 0.0368. The minimum Gasteiger partial charge on any atom is -0.481 e. The molecular formula is C49H62N2O15. The van der Waals surface area contributed by atoms with Crippen molar-refractivity contribution in [3.05, 3.63) is 82.9 Å². The van der Waals surface area contributed by atoms with Gasteiger partial charge in [-0.2, -0.15) is 0 Å². The summed E-state index contributed by atoms with van der Waals surface area (Å²) in [5.74, 6) is -8.36. The molecule has 2 aliphatic heterocycles. The Morgan fingerprint density at radius 1 is 0.939 bits per heavy atom. The lowest BCUT2D eigenvalue weighted by molar-refractivity contribution is -0.346. The van der Waals surface area contributed by atoms with Crippen LogP contribution in [-0.2, 0) is 42.9 Å². The molecule has 2 heterocycles. The average Bonchev–Trinajstić information content (AvgIpc) is 3.24. The number of alkyl carbamates (subject to hydrolysis) is 1. The summed E-state index contributed by atoms with van der Waals surface area (Å²) in [4.78, 5) is 83.9. The highest BCUT2D eigenvalue weighted by Gasteiger charge is 2.78. The van der Waals surface area contributed by atoms with Crippen molar-refractivity contribution in [3.8, 4) is 0 Å². The lowest BCUT2D eigenvalue weighted by Gasteiger charge is -2.67. The normalized spacial score (nSPS) is 34.6. The molecule has 0 radical (unpaired) electrons. The number of esters is 3. The molecule has 2 aromatic carbocycles. The maximum atomic E-state index is 15.3. The SMILES string of the molecule is CC(=O)O[C@@]12CO[C@@H]1C[C@H](O)[C@@]1(C)C(=O)[C@H](O)C3=C(C)[C@@H](OC(=O)C([C@H](NC(=O)OC(C)(C)C)c4ccccc4)[C@H]4CC(C(=O)O)CCN4)C[C@@](O)([C@@H](OC(=O)c4ccccc4)[C@H]21)C3(C)C.